The molecule has 0 spiro atoms. The first-order valence-corrected chi connectivity index (χ1v) is 7.46. The molecule has 2 rings (SSSR count). The Morgan fingerprint density at radius 2 is 2.06 bits per heavy atom. The zero-order chi connectivity index (χ0) is 13.1. The molecule has 6 heteroatoms. The van der Waals surface area contributed by atoms with E-state index < -0.39 is 11.2 Å². The van der Waals surface area contributed by atoms with Gasteiger partial charge in [0.15, 0.2) is 16.5 Å². The molecule has 1 aromatic carbocycles. The number of rotatable bonds is 3. The lowest BCUT2D eigenvalue weighted by molar-refractivity contribution is 0.441. The van der Waals surface area contributed by atoms with Crippen LogP contribution in [0.15, 0.2) is 43.6 Å². The molecule has 0 N–H and O–H groups in total. The maximum Gasteiger partial charge on any atom is 0.203 e. The van der Waals surface area contributed by atoms with E-state index in [2.05, 4.69) is 4.98 Å². The number of aryl methyl sites for hydroxylation is 1. The molecule has 1 heterocycles. The van der Waals surface area contributed by atoms with Gasteiger partial charge in [0.1, 0.15) is 12.3 Å². The van der Waals surface area contributed by atoms with Gasteiger partial charge in [-0.2, -0.15) is 5.26 Å². The van der Waals surface area contributed by atoms with Crippen LogP contribution in [0.25, 0.3) is 0 Å². The fraction of sp³-hybridized carbons (Fsp3) is 0.167. The van der Waals surface area contributed by atoms with Crippen molar-refractivity contribution in [1.29, 1.82) is 5.26 Å². The summed E-state index contributed by atoms with van der Waals surface area (Å²) in [6.07, 6.45) is 1.63. The van der Waals surface area contributed by atoms with Crippen LogP contribution in [0.1, 0.15) is 11.6 Å². The van der Waals surface area contributed by atoms with E-state index in [1.807, 2.05) is 18.2 Å². The Balaban J connectivity index is 2.21. The lowest BCUT2D eigenvalue weighted by atomic mass is 10.4. The van der Waals surface area contributed by atoms with Crippen molar-refractivity contribution in [2.75, 3.05) is 6.26 Å². The van der Waals surface area contributed by atoms with Gasteiger partial charge in [-0.25, -0.2) is 4.98 Å². The van der Waals surface area contributed by atoms with Gasteiger partial charge in [0.25, 0.3) is 0 Å². The smallest absolute Gasteiger partial charge is 0.203 e. The van der Waals surface area contributed by atoms with E-state index in [0.717, 1.165) is 9.79 Å². The summed E-state index contributed by atoms with van der Waals surface area (Å²) in [6.45, 7) is 1.70. The Kier molecular flexibility index (Phi) is 3.97. The van der Waals surface area contributed by atoms with Crippen LogP contribution in [0.4, 0.5) is 0 Å². The summed E-state index contributed by atoms with van der Waals surface area (Å²) in [6, 6.07) is 9.29. The van der Waals surface area contributed by atoms with E-state index in [4.69, 9.17) is 9.68 Å². The third-order valence-electron chi connectivity index (χ3n) is 2.18. The van der Waals surface area contributed by atoms with Crippen LogP contribution in [0.2, 0.25) is 0 Å². The van der Waals surface area contributed by atoms with Gasteiger partial charge in [-0.1, -0.05) is 0 Å². The fourth-order valence-corrected chi connectivity index (χ4v) is 2.71. The molecule has 0 saturated carbocycles. The van der Waals surface area contributed by atoms with Crippen molar-refractivity contribution in [2.24, 2.45) is 0 Å². The molecule has 18 heavy (non-hydrogen) atoms. The summed E-state index contributed by atoms with van der Waals surface area (Å²) >= 11 is 0.346. The third-order valence-corrected chi connectivity index (χ3v) is 4.08. The Morgan fingerprint density at radius 3 is 2.61 bits per heavy atom. The highest BCUT2D eigenvalue weighted by Gasteiger charge is 2.12. The SMILES string of the molecule is Cc1nc(C#N)c(Sc2ccc([S+](C)[O-])cc2)o1. The van der Waals surface area contributed by atoms with Crippen molar-refractivity contribution in [3.05, 3.63) is 35.9 Å². The van der Waals surface area contributed by atoms with Crippen molar-refractivity contribution in [1.82, 2.24) is 4.98 Å². The molecule has 0 bridgehead atoms. The molecule has 0 radical (unpaired) electrons. The summed E-state index contributed by atoms with van der Waals surface area (Å²) in [5.41, 5.74) is 0.292. The molecular weight excluding hydrogens is 268 g/mol. The molecule has 4 nitrogen and oxygen atoms in total. The van der Waals surface area contributed by atoms with Crippen molar-refractivity contribution >= 4 is 22.9 Å². The van der Waals surface area contributed by atoms with Gasteiger partial charge in [0, 0.05) is 11.8 Å². The maximum absolute atomic E-state index is 11.3. The molecule has 1 unspecified atom stereocenters. The Labute approximate surface area is 112 Å². The average Bonchev–Trinajstić information content (AvgIpc) is 2.70. The van der Waals surface area contributed by atoms with Crippen molar-refractivity contribution in [3.8, 4) is 6.07 Å². The van der Waals surface area contributed by atoms with Gasteiger partial charge >= 0.3 is 0 Å². The second-order valence-corrected chi connectivity index (χ2v) is 5.93. The van der Waals surface area contributed by atoms with Gasteiger partial charge in [-0.3, -0.25) is 0 Å². The molecule has 2 aromatic rings. The standard InChI is InChI=1S/C12H10N2O2S2/c1-8-14-11(7-13)12(16-8)17-9-3-5-10(6-4-9)18(2)15/h3-6H,1-2H3. The van der Waals surface area contributed by atoms with Gasteiger partial charge in [0.05, 0.1) is 0 Å². The minimum atomic E-state index is -0.983. The highest BCUT2D eigenvalue weighted by Crippen LogP contribution is 2.31. The lowest BCUT2D eigenvalue weighted by Crippen LogP contribution is -1.95. The Hall–Kier alpha value is -1.42. The average molecular weight is 278 g/mol. The molecule has 1 aromatic heterocycles. The number of nitriles is 1. The van der Waals surface area contributed by atoms with E-state index in [-0.39, 0.29) is 0 Å². The predicted octanol–water partition coefficient (Wildman–Crippen LogP) is 2.74. The van der Waals surface area contributed by atoms with Gasteiger partial charge < -0.3 is 8.97 Å². The molecule has 1 atom stereocenters. The highest BCUT2D eigenvalue weighted by atomic mass is 32.2. The second kappa shape index (κ2) is 5.48. The van der Waals surface area contributed by atoms with Gasteiger partial charge in [-0.15, -0.1) is 0 Å². The minimum absolute atomic E-state index is 0.292. The number of hydrogen-bond donors (Lipinski definition) is 0. The monoisotopic (exact) mass is 278 g/mol. The normalized spacial score (nSPS) is 12.1. The zero-order valence-corrected chi connectivity index (χ0v) is 11.5. The van der Waals surface area contributed by atoms with Crippen LogP contribution in [0, 0.1) is 18.3 Å². The van der Waals surface area contributed by atoms with Crippen LogP contribution in [-0.4, -0.2) is 15.8 Å². The van der Waals surface area contributed by atoms with Crippen LogP contribution in [0.5, 0.6) is 0 Å². The summed E-state index contributed by atoms with van der Waals surface area (Å²) in [5.74, 6) is 0.473. The first kappa shape index (κ1) is 13.0. The zero-order valence-electron chi connectivity index (χ0n) is 9.84. The Morgan fingerprint density at radius 1 is 1.39 bits per heavy atom. The minimum Gasteiger partial charge on any atom is -0.612 e. The Bertz CT molecular complexity index is 585. The number of benzene rings is 1. The highest BCUT2D eigenvalue weighted by molar-refractivity contribution is 7.99. The molecule has 0 aliphatic heterocycles. The molecule has 92 valence electrons. The van der Waals surface area contributed by atoms with Crippen molar-refractivity contribution < 1.29 is 8.97 Å². The molecule has 0 aliphatic carbocycles. The van der Waals surface area contributed by atoms with E-state index in [9.17, 15) is 4.55 Å². The topological polar surface area (TPSA) is 72.9 Å². The summed E-state index contributed by atoms with van der Waals surface area (Å²) in [4.78, 5) is 5.66. The van der Waals surface area contributed by atoms with Crippen LogP contribution in [-0.2, 0) is 11.2 Å². The molecule has 0 aliphatic rings. The molecular formula is C12H10N2O2S2. The third kappa shape index (κ3) is 2.88. The predicted molar refractivity (Wildman–Crippen MR) is 68.9 cm³/mol. The molecule has 0 amide bonds. The van der Waals surface area contributed by atoms with E-state index in [0.29, 0.717) is 16.7 Å². The van der Waals surface area contributed by atoms with Gasteiger partial charge in [0.2, 0.25) is 5.09 Å². The van der Waals surface area contributed by atoms with Crippen molar-refractivity contribution in [2.45, 2.75) is 21.8 Å². The molecule has 0 fully saturated rings. The largest absolute Gasteiger partial charge is 0.612 e. The fourth-order valence-electron chi connectivity index (χ4n) is 1.35. The van der Waals surface area contributed by atoms with E-state index in [1.54, 1.807) is 25.3 Å². The van der Waals surface area contributed by atoms with Gasteiger partial charge in [-0.05, 0) is 47.2 Å². The number of oxazole rings is 1. The quantitative estimate of drug-likeness (QED) is 0.807. The van der Waals surface area contributed by atoms with Crippen LogP contribution >= 0.6 is 11.8 Å². The summed E-state index contributed by atoms with van der Waals surface area (Å²) in [5, 5.41) is 9.39. The first-order valence-electron chi connectivity index (χ1n) is 5.09. The van der Waals surface area contributed by atoms with Crippen LogP contribution in [0.3, 0.4) is 0 Å². The first-order chi connectivity index (χ1) is 8.60. The number of hydrogen-bond acceptors (Lipinski definition) is 5. The van der Waals surface area contributed by atoms with E-state index in [1.165, 1.54) is 11.8 Å². The summed E-state index contributed by atoms with van der Waals surface area (Å²) in [7, 11) is 0. The van der Waals surface area contributed by atoms with Crippen LogP contribution < -0.4 is 0 Å². The van der Waals surface area contributed by atoms with E-state index >= 15 is 0 Å². The molecule has 0 saturated heterocycles. The second-order valence-electron chi connectivity index (χ2n) is 3.51. The number of nitrogens with zero attached hydrogens (tertiary/aromatic N) is 2. The lowest BCUT2D eigenvalue weighted by Gasteiger charge is -2.04. The maximum atomic E-state index is 11.3. The number of aromatic nitrogens is 1. The van der Waals surface area contributed by atoms with Crippen molar-refractivity contribution in [3.63, 3.8) is 0 Å². The summed E-state index contributed by atoms with van der Waals surface area (Å²) < 4.78 is 16.6.